The third-order valence-corrected chi connectivity index (χ3v) is 8.56. The summed E-state index contributed by atoms with van der Waals surface area (Å²) in [5, 5.41) is 0. The number of nitrogens with one attached hydrogen (secondary N) is 1. The molecule has 0 aliphatic carbocycles. The molecule has 34 heavy (non-hydrogen) atoms. The van der Waals surface area contributed by atoms with Crippen LogP contribution in [0.2, 0.25) is 0 Å². The van der Waals surface area contributed by atoms with Gasteiger partial charge in [0.25, 0.3) is 21.8 Å². The van der Waals surface area contributed by atoms with E-state index in [0.717, 1.165) is 43.4 Å². The molecule has 0 spiro atoms. The third-order valence-electron chi connectivity index (χ3n) is 6.40. The lowest BCUT2D eigenvalue weighted by Gasteiger charge is -2.22. The fourth-order valence-corrected chi connectivity index (χ4v) is 6.19. The van der Waals surface area contributed by atoms with Crippen LogP contribution in [0.25, 0.3) is 0 Å². The molecule has 0 saturated carbocycles. The van der Waals surface area contributed by atoms with Gasteiger partial charge >= 0.3 is 0 Å². The molecule has 0 radical (unpaired) electrons. The summed E-state index contributed by atoms with van der Waals surface area (Å²) < 4.78 is 29.3. The summed E-state index contributed by atoms with van der Waals surface area (Å²) in [5.41, 5.74) is 0.974. The van der Waals surface area contributed by atoms with E-state index in [1.165, 1.54) is 23.9 Å². The molecule has 2 aromatic carbocycles. The van der Waals surface area contributed by atoms with E-state index < -0.39 is 10.0 Å². The number of amides is 2. The average molecular weight is 502 g/mol. The smallest absolute Gasteiger partial charge is 0.261 e. The second-order valence-corrected chi connectivity index (χ2v) is 11.2. The van der Waals surface area contributed by atoms with Gasteiger partial charge < -0.3 is 9.80 Å². The van der Waals surface area contributed by atoms with E-state index in [2.05, 4.69) is 4.72 Å². The molecule has 2 amide bonds. The number of sulfonamides is 1. The average Bonchev–Trinajstić information content (AvgIpc) is 3.25. The van der Waals surface area contributed by atoms with Gasteiger partial charge in [0.1, 0.15) is 0 Å². The second kappa shape index (κ2) is 10.8. The van der Waals surface area contributed by atoms with E-state index in [1.54, 1.807) is 35.2 Å². The van der Waals surface area contributed by atoms with Gasteiger partial charge in [0.05, 0.1) is 21.7 Å². The van der Waals surface area contributed by atoms with Gasteiger partial charge in [-0.2, -0.15) is 0 Å². The molecule has 1 N–H and O–H groups in total. The Morgan fingerprint density at radius 3 is 1.97 bits per heavy atom. The molecule has 2 aliphatic heterocycles. The van der Waals surface area contributed by atoms with Crippen molar-refractivity contribution in [1.29, 1.82) is 0 Å². The van der Waals surface area contributed by atoms with Crippen molar-refractivity contribution in [1.82, 2.24) is 9.80 Å². The molecule has 7 nitrogen and oxygen atoms in total. The largest absolute Gasteiger partial charge is 0.339 e. The molecule has 2 fully saturated rings. The quantitative estimate of drug-likeness (QED) is 0.591. The number of thioether (sulfide) groups is 1. The highest BCUT2D eigenvalue weighted by Crippen LogP contribution is 2.28. The minimum atomic E-state index is -4.01. The van der Waals surface area contributed by atoms with Crippen LogP contribution in [-0.4, -0.2) is 62.5 Å². The molecule has 0 aromatic heterocycles. The first-order valence-electron chi connectivity index (χ1n) is 11.8. The highest BCUT2D eigenvalue weighted by Gasteiger charge is 2.26. The summed E-state index contributed by atoms with van der Waals surface area (Å²) in [6.07, 6.45) is 7.91. The van der Waals surface area contributed by atoms with E-state index >= 15 is 0 Å². The van der Waals surface area contributed by atoms with Gasteiger partial charge in [-0.05, 0) is 62.3 Å². The van der Waals surface area contributed by atoms with Crippen LogP contribution in [0.3, 0.4) is 0 Å². The second-order valence-electron chi connectivity index (χ2n) is 8.72. The number of carbonyl (C=O) groups excluding carboxylic acids is 2. The number of anilines is 1. The first kappa shape index (κ1) is 24.6. The van der Waals surface area contributed by atoms with Gasteiger partial charge in [0.2, 0.25) is 0 Å². The van der Waals surface area contributed by atoms with Gasteiger partial charge in [-0.3, -0.25) is 14.3 Å². The maximum atomic E-state index is 13.3. The van der Waals surface area contributed by atoms with Crippen LogP contribution in [-0.2, 0) is 10.0 Å². The first-order valence-corrected chi connectivity index (χ1v) is 14.5. The van der Waals surface area contributed by atoms with E-state index in [-0.39, 0.29) is 22.4 Å². The summed E-state index contributed by atoms with van der Waals surface area (Å²) in [5.74, 6) is -0.307. The number of hydrogen-bond acceptors (Lipinski definition) is 5. The van der Waals surface area contributed by atoms with Crippen molar-refractivity contribution < 1.29 is 18.0 Å². The molecule has 182 valence electrons. The van der Waals surface area contributed by atoms with E-state index in [1.807, 2.05) is 11.2 Å². The zero-order valence-corrected chi connectivity index (χ0v) is 21.1. The summed E-state index contributed by atoms with van der Waals surface area (Å²) in [4.78, 5) is 30.6. The molecule has 4 rings (SSSR count). The summed E-state index contributed by atoms with van der Waals surface area (Å²) >= 11 is 1.42. The molecule has 0 bridgehead atoms. The standard InChI is InChI=1S/C25H31N3O4S2/c1-33-23-13-12-19(18-21(23)25(30)28-14-6-2-3-7-15-28)34(31,32)26-22-11-5-4-10-20(22)24(29)27-16-8-9-17-27/h4-5,10-13,18,26H,2-3,6-9,14-17H2,1H3. The predicted octanol–water partition coefficient (Wildman–Crippen LogP) is 4.46. The molecule has 0 unspecified atom stereocenters. The van der Waals surface area contributed by atoms with E-state index in [0.29, 0.717) is 37.3 Å². The van der Waals surface area contributed by atoms with Crippen molar-refractivity contribution >= 4 is 39.3 Å². The van der Waals surface area contributed by atoms with Crippen LogP contribution >= 0.6 is 11.8 Å². The molecule has 2 saturated heterocycles. The summed E-state index contributed by atoms with van der Waals surface area (Å²) in [7, 11) is -4.01. The number of likely N-dealkylation sites (tertiary alicyclic amines) is 2. The zero-order valence-electron chi connectivity index (χ0n) is 19.5. The predicted molar refractivity (Wildman–Crippen MR) is 135 cm³/mol. The summed E-state index contributed by atoms with van der Waals surface area (Å²) in [6, 6.07) is 11.3. The maximum Gasteiger partial charge on any atom is 0.261 e. The first-order chi connectivity index (χ1) is 16.4. The molecule has 2 aromatic rings. The van der Waals surface area contributed by atoms with E-state index in [4.69, 9.17) is 0 Å². The van der Waals surface area contributed by atoms with Crippen molar-refractivity contribution in [2.24, 2.45) is 0 Å². The van der Waals surface area contributed by atoms with Crippen LogP contribution < -0.4 is 4.72 Å². The van der Waals surface area contributed by atoms with Crippen molar-refractivity contribution in [2.45, 2.75) is 48.3 Å². The van der Waals surface area contributed by atoms with Gasteiger partial charge in [0.15, 0.2) is 0 Å². The van der Waals surface area contributed by atoms with Gasteiger partial charge in [0, 0.05) is 31.1 Å². The normalized spacial score (nSPS) is 16.9. The minimum Gasteiger partial charge on any atom is -0.339 e. The minimum absolute atomic E-state index is 0.00639. The van der Waals surface area contributed by atoms with Crippen molar-refractivity contribution in [3.63, 3.8) is 0 Å². The number of benzene rings is 2. The van der Waals surface area contributed by atoms with Crippen LogP contribution in [0, 0.1) is 0 Å². The number of hydrogen-bond donors (Lipinski definition) is 1. The van der Waals surface area contributed by atoms with Crippen molar-refractivity contribution in [3.05, 3.63) is 53.6 Å². The fraction of sp³-hybridized carbons (Fsp3) is 0.440. The molecule has 2 heterocycles. The lowest BCUT2D eigenvalue weighted by Crippen LogP contribution is -2.32. The highest BCUT2D eigenvalue weighted by molar-refractivity contribution is 7.98. The number of rotatable bonds is 6. The Kier molecular flexibility index (Phi) is 7.83. The molecule has 2 aliphatic rings. The Morgan fingerprint density at radius 1 is 0.794 bits per heavy atom. The topological polar surface area (TPSA) is 86.8 Å². The maximum absolute atomic E-state index is 13.3. The van der Waals surface area contributed by atoms with Crippen molar-refractivity contribution in [2.75, 3.05) is 37.2 Å². The zero-order chi connectivity index (χ0) is 24.1. The monoisotopic (exact) mass is 501 g/mol. The number of carbonyl (C=O) groups is 2. The molecule has 9 heteroatoms. The molecule has 0 atom stereocenters. The van der Waals surface area contributed by atoms with Gasteiger partial charge in [-0.25, -0.2) is 8.42 Å². The molecular formula is C25H31N3O4S2. The van der Waals surface area contributed by atoms with E-state index in [9.17, 15) is 18.0 Å². The van der Waals surface area contributed by atoms with Crippen LogP contribution in [0.4, 0.5) is 5.69 Å². The van der Waals surface area contributed by atoms with Gasteiger partial charge in [-0.1, -0.05) is 25.0 Å². The Balaban J connectivity index is 1.63. The molecular weight excluding hydrogens is 470 g/mol. The number of para-hydroxylation sites is 1. The van der Waals surface area contributed by atoms with Crippen LogP contribution in [0.5, 0.6) is 0 Å². The Labute approximate surface area is 205 Å². The summed E-state index contributed by atoms with van der Waals surface area (Å²) in [6.45, 7) is 2.73. The Morgan fingerprint density at radius 2 is 1.35 bits per heavy atom. The SMILES string of the molecule is CSc1ccc(S(=O)(=O)Nc2ccccc2C(=O)N2CCCC2)cc1C(=O)N1CCCCCC1. The Hall–Kier alpha value is -2.52. The number of nitrogens with zero attached hydrogens (tertiary/aromatic N) is 2. The lowest BCUT2D eigenvalue weighted by atomic mass is 10.1. The lowest BCUT2D eigenvalue weighted by molar-refractivity contribution is 0.0756. The van der Waals surface area contributed by atoms with Gasteiger partial charge in [-0.15, -0.1) is 11.8 Å². The third kappa shape index (κ3) is 5.41. The van der Waals surface area contributed by atoms with Crippen LogP contribution in [0.15, 0.2) is 52.3 Å². The Bertz CT molecular complexity index is 1150. The fourth-order valence-electron chi connectivity index (χ4n) is 4.52. The van der Waals surface area contributed by atoms with Crippen LogP contribution in [0.1, 0.15) is 59.2 Å². The van der Waals surface area contributed by atoms with Crippen molar-refractivity contribution in [3.8, 4) is 0 Å². The highest BCUT2D eigenvalue weighted by atomic mass is 32.2.